The van der Waals surface area contributed by atoms with Gasteiger partial charge in [0.25, 0.3) is 5.91 Å². The third-order valence-electron chi connectivity index (χ3n) is 4.42. The highest BCUT2D eigenvalue weighted by Crippen LogP contribution is 2.28. The second-order valence-corrected chi connectivity index (χ2v) is 7.45. The number of halogens is 1. The number of benzene rings is 1. The largest absolute Gasteiger partial charge is 0.451 e. The molecule has 1 aliphatic rings. The van der Waals surface area contributed by atoms with Gasteiger partial charge < -0.3 is 10.1 Å². The van der Waals surface area contributed by atoms with Gasteiger partial charge in [0.05, 0.1) is 0 Å². The predicted octanol–water partition coefficient (Wildman–Crippen LogP) is 3.89. The topological polar surface area (TPSA) is 55.4 Å². The Balaban J connectivity index is 1.52. The van der Waals surface area contributed by atoms with E-state index in [9.17, 15) is 14.0 Å². The van der Waals surface area contributed by atoms with E-state index in [1.54, 1.807) is 12.1 Å². The lowest BCUT2D eigenvalue weighted by atomic mass is 9.87. The van der Waals surface area contributed by atoms with Gasteiger partial charge in [-0.1, -0.05) is 13.0 Å². The van der Waals surface area contributed by atoms with E-state index in [1.165, 1.54) is 12.1 Å². The van der Waals surface area contributed by atoms with Crippen molar-refractivity contribution in [3.05, 3.63) is 35.0 Å². The van der Waals surface area contributed by atoms with E-state index in [2.05, 4.69) is 12.2 Å². The van der Waals surface area contributed by atoms with Crippen LogP contribution in [-0.4, -0.2) is 24.5 Å². The molecule has 0 spiro atoms. The third-order valence-corrected chi connectivity index (χ3v) is 5.51. The molecule has 0 unspecified atom stereocenters. The first-order valence-corrected chi connectivity index (χ1v) is 8.99. The number of fused-ring (bicyclic) bond motifs is 1. The van der Waals surface area contributed by atoms with Crippen LogP contribution in [0, 0.1) is 11.7 Å². The van der Waals surface area contributed by atoms with Crippen LogP contribution in [0.15, 0.2) is 24.3 Å². The zero-order valence-corrected chi connectivity index (χ0v) is 14.3. The van der Waals surface area contributed by atoms with E-state index in [4.69, 9.17) is 4.74 Å². The molecule has 6 heteroatoms. The summed E-state index contributed by atoms with van der Waals surface area (Å²) < 4.78 is 19.4. The smallest absolute Gasteiger partial charge is 0.348 e. The van der Waals surface area contributed by atoms with Gasteiger partial charge in [-0.3, -0.25) is 4.79 Å². The summed E-state index contributed by atoms with van der Waals surface area (Å²) in [5.41, 5.74) is 0. The molecule has 2 aromatic rings. The first-order valence-electron chi connectivity index (χ1n) is 8.17. The Morgan fingerprint density at radius 2 is 2.04 bits per heavy atom. The van der Waals surface area contributed by atoms with Gasteiger partial charge in [-0.15, -0.1) is 11.3 Å². The Morgan fingerprint density at radius 3 is 2.75 bits per heavy atom. The number of amides is 1. The summed E-state index contributed by atoms with van der Waals surface area (Å²) in [4.78, 5) is 24.3. The molecule has 0 aliphatic heterocycles. The molecule has 0 bridgehead atoms. The molecule has 0 saturated heterocycles. The van der Waals surface area contributed by atoms with Gasteiger partial charge in [0.15, 0.2) is 6.61 Å². The molecule has 3 rings (SSSR count). The number of hydrogen-bond donors (Lipinski definition) is 1. The molecular weight excluding hydrogens is 329 g/mol. The highest BCUT2D eigenvalue weighted by Gasteiger charge is 2.21. The molecule has 128 valence electrons. The maximum absolute atomic E-state index is 13.7. The van der Waals surface area contributed by atoms with Crippen LogP contribution in [0.4, 0.5) is 4.39 Å². The predicted molar refractivity (Wildman–Crippen MR) is 91.6 cm³/mol. The third kappa shape index (κ3) is 3.93. The van der Waals surface area contributed by atoms with Crippen molar-refractivity contribution in [2.24, 2.45) is 5.92 Å². The molecule has 1 aromatic carbocycles. The number of rotatable bonds is 4. The Bertz CT molecular complexity index is 750. The summed E-state index contributed by atoms with van der Waals surface area (Å²) in [6, 6.07) is 6.34. The zero-order valence-electron chi connectivity index (χ0n) is 13.5. The van der Waals surface area contributed by atoms with Crippen molar-refractivity contribution >= 4 is 33.3 Å². The fraction of sp³-hybridized carbons (Fsp3) is 0.444. The first kappa shape index (κ1) is 16.9. The second-order valence-electron chi connectivity index (χ2n) is 6.36. The molecule has 1 N–H and O–H groups in total. The SMILES string of the molecule is CC1CCC(NC(=O)COC(=O)c2cc3c(F)cccc3s2)CC1. The fourth-order valence-electron chi connectivity index (χ4n) is 3.00. The average Bonchev–Trinajstić information content (AvgIpc) is 3.00. The minimum atomic E-state index is -0.594. The van der Waals surface area contributed by atoms with Crippen LogP contribution in [0.1, 0.15) is 42.3 Å². The molecule has 1 aliphatic carbocycles. The Hall–Kier alpha value is -1.95. The number of carbonyl (C=O) groups is 2. The van der Waals surface area contributed by atoms with Crippen LogP contribution in [0.5, 0.6) is 0 Å². The van der Waals surface area contributed by atoms with Crippen LogP contribution >= 0.6 is 11.3 Å². The highest BCUT2D eigenvalue weighted by atomic mass is 32.1. The van der Waals surface area contributed by atoms with E-state index < -0.39 is 5.97 Å². The Kier molecular flexibility index (Phi) is 5.14. The van der Waals surface area contributed by atoms with Crippen molar-refractivity contribution in [1.29, 1.82) is 0 Å². The summed E-state index contributed by atoms with van der Waals surface area (Å²) in [6.07, 6.45) is 4.16. The average molecular weight is 349 g/mol. The van der Waals surface area contributed by atoms with Gasteiger partial charge >= 0.3 is 5.97 Å². The summed E-state index contributed by atoms with van der Waals surface area (Å²) in [7, 11) is 0. The summed E-state index contributed by atoms with van der Waals surface area (Å²) in [6.45, 7) is 1.91. The molecule has 1 amide bonds. The number of ether oxygens (including phenoxy) is 1. The van der Waals surface area contributed by atoms with E-state index in [1.807, 2.05) is 0 Å². The van der Waals surface area contributed by atoms with Gasteiger partial charge in [0, 0.05) is 16.1 Å². The quantitative estimate of drug-likeness (QED) is 0.852. The van der Waals surface area contributed by atoms with Crippen molar-refractivity contribution in [2.75, 3.05) is 6.61 Å². The van der Waals surface area contributed by atoms with Crippen LogP contribution in [0.25, 0.3) is 10.1 Å². The van der Waals surface area contributed by atoms with Crippen molar-refractivity contribution in [2.45, 2.75) is 38.6 Å². The van der Waals surface area contributed by atoms with Crippen LogP contribution in [-0.2, 0) is 9.53 Å². The molecule has 0 radical (unpaired) electrons. The van der Waals surface area contributed by atoms with Gasteiger partial charge in [-0.25, -0.2) is 9.18 Å². The lowest BCUT2D eigenvalue weighted by Crippen LogP contribution is -2.39. The maximum Gasteiger partial charge on any atom is 0.348 e. The van der Waals surface area contributed by atoms with Crippen LogP contribution in [0.2, 0.25) is 0 Å². The first-order chi connectivity index (χ1) is 11.5. The summed E-state index contributed by atoms with van der Waals surface area (Å²) in [5.74, 6) is -0.533. The standard InChI is InChI=1S/C18H20FNO3S/c1-11-5-7-12(8-6-11)20-17(21)10-23-18(22)16-9-13-14(19)3-2-4-15(13)24-16/h2-4,9,11-12H,5-8,10H2,1H3,(H,20,21). The van der Waals surface area contributed by atoms with Gasteiger partial charge in [-0.05, 0) is 49.8 Å². The lowest BCUT2D eigenvalue weighted by molar-refractivity contribution is -0.125. The van der Waals surface area contributed by atoms with Crippen molar-refractivity contribution in [1.82, 2.24) is 5.32 Å². The molecule has 0 atom stereocenters. The Morgan fingerprint density at radius 1 is 1.29 bits per heavy atom. The van der Waals surface area contributed by atoms with Crippen LogP contribution in [0.3, 0.4) is 0 Å². The summed E-state index contributed by atoms with van der Waals surface area (Å²) >= 11 is 1.16. The molecular formula is C18H20FNO3S. The number of esters is 1. The molecule has 24 heavy (non-hydrogen) atoms. The van der Waals surface area contributed by atoms with E-state index in [-0.39, 0.29) is 24.4 Å². The lowest BCUT2D eigenvalue weighted by Gasteiger charge is -2.26. The number of hydrogen-bond acceptors (Lipinski definition) is 4. The van der Waals surface area contributed by atoms with Gasteiger partial charge in [0.1, 0.15) is 10.7 Å². The Labute approximate surface area is 144 Å². The van der Waals surface area contributed by atoms with E-state index in [0.29, 0.717) is 20.9 Å². The van der Waals surface area contributed by atoms with E-state index in [0.717, 1.165) is 37.0 Å². The van der Waals surface area contributed by atoms with Crippen molar-refractivity contribution in [3.8, 4) is 0 Å². The van der Waals surface area contributed by atoms with Gasteiger partial charge in [0.2, 0.25) is 0 Å². The zero-order chi connectivity index (χ0) is 17.1. The molecule has 1 fully saturated rings. The molecule has 1 heterocycles. The van der Waals surface area contributed by atoms with Crippen molar-refractivity contribution < 1.29 is 18.7 Å². The number of thiophene rings is 1. The minimum Gasteiger partial charge on any atom is -0.451 e. The number of nitrogens with one attached hydrogen (secondary N) is 1. The van der Waals surface area contributed by atoms with E-state index >= 15 is 0 Å². The molecule has 1 saturated carbocycles. The monoisotopic (exact) mass is 349 g/mol. The van der Waals surface area contributed by atoms with Crippen LogP contribution < -0.4 is 5.32 Å². The normalized spacial score (nSPS) is 20.8. The molecule has 4 nitrogen and oxygen atoms in total. The van der Waals surface area contributed by atoms with Crippen molar-refractivity contribution in [3.63, 3.8) is 0 Å². The molecule has 1 aromatic heterocycles. The minimum absolute atomic E-state index is 0.172. The van der Waals surface area contributed by atoms with Gasteiger partial charge in [-0.2, -0.15) is 0 Å². The summed E-state index contributed by atoms with van der Waals surface area (Å²) in [5, 5.41) is 3.31. The maximum atomic E-state index is 13.7. The highest BCUT2D eigenvalue weighted by molar-refractivity contribution is 7.20. The second kappa shape index (κ2) is 7.30. The number of carbonyl (C=O) groups excluding carboxylic acids is 2. The fourth-order valence-corrected chi connectivity index (χ4v) is 3.97.